The molecule has 2 rings (SSSR count). The zero-order chi connectivity index (χ0) is 14.8. The molecule has 0 atom stereocenters. The van der Waals surface area contributed by atoms with E-state index in [1.807, 2.05) is 6.92 Å². The number of hydrogen-bond acceptors (Lipinski definition) is 4. The average molecular weight is 290 g/mol. The number of nitrogens with one attached hydrogen (secondary N) is 2. The van der Waals surface area contributed by atoms with Gasteiger partial charge in [-0.1, -0.05) is 12.1 Å². The summed E-state index contributed by atoms with van der Waals surface area (Å²) in [6.45, 7) is 11.4. The van der Waals surface area contributed by atoms with Crippen LogP contribution >= 0.6 is 11.8 Å². The highest BCUT2D eigenvalue weighted by Crippen LogP contribution is 2.28. The Kier molecular flexibility index (Phi) is 4.50. The molecule has 0 amide bonds. The molecule has 5 heteroatoms. The van der Waals surface area contributed by atoms with E-state index in [0.717, 1.165) is 17.5 Å². The number of H-pyrrole nitrogens is 1. The number of rotatable bonds is 4. The molecular weight excluding hydrogens is 268 g/mol. The van der Waals surface area contributed by atoms with E-state index in [4.69, 9.17) is 0 Å². The standard InChI is InChI=1S/C15H22N4S/c1-10-8-12(9-16-15(3,4)5)6-7-13(10)20-14-17-11(2)18-19-14/h6-8,16H,9H2,1-5H3,(H,17,18,19). The molecule has 0 aliphatic rings. The van der Waals surface area contributed by atoms with Gasteiger partial charge in [0.2, 0.25) is 5.16 Å². The molecule has 2 aromatic rings. The first-order valence-corrected chi connectivity index (χ1v) is 7.56. The fraction of sp³-hybridized carbons (Fsp3) is 0.467. The third-order valence-electron chi connectivity index (χ3n) is 2.84. The first-order valence-electron chi connectivity index (χ1n) is 6.75. The predicted octanol–water partition coefficient (Wildman–Crippen LogP) is 3.46. The van der Waals surface area contributed by atoms with E-state index in [2.05, 4.69) is 66.4 Å². The maximum atomic E-state index is 4.32. The van der Waals surface area contributed by atoms with E-state index in [9.17, 15) is 0 Å². The zero-order valence-electron chi connectivity index (χ0n) is 12.7. The Hall–Kier alpha value is -1.33. The molecule has 2 N–H and O–H groups in total. The summed E-state index contributed by atoms with van der Waals surface area (Å²) in [7, 11) is 0. The minimum atomic E-state index is 0.137. The number of aromatic nitrogens is 3. The van der Waals surface area contributed by atoms with Crippen LogP contribution in [0.2, 0.25) is 0 Å². The van der Waals surface area contributed by atoms with Crippen molar-refractivity contribution in [2.24, 2.45) is 0 Å². The minimum absolute atomic E-state index is 0.137. The summed E-state index contributed by atoms with van der Waals surface area (Å²) in [5.74, 6) is 0.844. The van der Waals surface area contributed by atoms with Gasteiger partial charge in [-0.15, -0.1) is 5.10 Å². The van der Waals surface area contributed by atoms with Gasteiger partial charge in [0.25, 0.3) is 0 Å². The summed E-state index contributed by atoms with van der Waals surface area (Å²) in [5.41, 5.74) is 2.69. The molecule has 1 aromatic carbocycles. The summed E-state index contributed by atoms with van der Waals surface area (Å²) < 4.78 is 0. The summed E-state index contributed by atoms with van der Waals surface area (Å²) in [5, 5.41) is 11.3. The van der Waals surface area contributed by atoms with Crippen molar-refractivity contribution in [2.45, 2.75) is 56.8 Å². The van der Waals surface area contributed by atoms with E-state index in [1.54, 1.807) is 11.8 Å². The smallest absolute Gasteiger partial charge is 0.213 e. The Morgan fingerprint density at radius 1 is 1.25 bits per heavy atom. The Morgan fingerprint density at radius 2 is 2.00 bits per heavy atom. The summed E-state index contributed by atoms with van der Waals surface area (Å²) in [6, 6.07) is 6.53. The topological polar surface area (TPSA) is 53.6 Å². The largest absolute Gasteiger partial charge is 0.308 e. The molecule has 0 aliphatic heterocycles. The van der Waals surface area contributed by atoms with Gasteiger partial charge in [-0.05, 0) is 63.6 Å². The van der Waals surface area contributed by atoms with Crippen molar-refractivity contribution >= 4 is 11.8 Å². The Balaban J connectivity index is 2.06. The van der Waals surface area contributed by atoms with Crippen LogP contribution in [0, 0.1) is 13.8 Å². The third-order valence-corrected chi connectivity index (χ3v) is 3.88. The first kappa shape index (κ1) is 15.1. The van der Waals surface area contributed by atoms with Gasteiger partial charge in [0.1, 0.15) is 5.82 Å². The van der Waals surface area contributed by atoms with Crippen molar-refractivity contribution in [3.8, 4) is 0 Å². The first-order chi connectivity index (χ1) is 9.33. The van der Waals surface area contributed by atoms with Gasteiger partial charge >= 0.3 is 0 Å². The van der Waals surface area contributed by atoms with Crippen molar-refractivity contribution in [3.63, 3.8) is 0 Å². The normalized spacial score (nSPS) is 11.8. The predicted molar refractivity (Wildman–Crippen MR) is 83.0 cm³/mol. The molecule has 0 radical (unpaired) electrons. The van der Waals surface area contributed by atoms with E-state index >= 15 is 0 Å². The van der Waals surface area contributed by atoms with Crippen LogP contribution < -0.4 is 5.32 Å². The van der Waals surface area contributed by atoms with Gasteiger partial charge in [-0.3, -0.25) is 5.10 Å². The van der Waals surface area contributed by atoms with Gasteiger partial charge in [0.15, 0.2) is 0 Å². The molecule has 0 spiro atoms. The van der Waals surface area contributed by atoms with Crippen LogP contribution in [0.25, 0.3) is 0 Å². The molecule has 1 heterocycles. The second-order valence-corrected chi connectivity index (χ2v) is 7.02. The van der Waals surface area contributed by atoms with Crippen molar-refractivity contribution in [1.82, 2.24) is 20.5 Å². The quantitative estimate of drug-likeness (QED) is 0.905. The highest BCUT2D eigenvalue weighted by atomic mass is 32.2. The van der Waals surface area contributed by atoms with Crippen LogP contribution in [0.15, 0.2) is 28.3 Å². The fourth-order valence-electron chi connectivity index (χ4n) is 1.77. The number of hydrogen-bond donors (Lipinski definition) is 2. The van der Waals surface area contributed by atoms with Gasteiger partial charge in [0, 0.05) is 17.0 Å². The third kappa shape index (κ3) is 4.35. The monoisotopic (exact) mass is 290 g/mol. The van der Waals surface area contributed by atoms with Crippen LogP contribution in [-0.2, 0) is 6.54 Å². The molecular formula is C15H22N4S. The second-order valence-electron chi connectivity index (χ2n) is 6.01. The molecule has 0 bridgehead atoms. The van der Waals surface area contributed by atoms with E-state index in [1.165, 1.54) is 16.0 Å². The van der Waals surface area contributed by atoms with E-state index < -0.39 is 0 Å². The molecule has 0 saturated heterocycles. The summed E-state index contributed by atoms with van der Waals surface area (Å²) >= 11 is 1.59. The molecule has 0 saturated carbocycles. The lowest BCUT2D eigenvalue weighted by Crippen LogP contribution is -2.35. The molecule has 20 heavy (non-hydrogen) atoms. The Bertz CT molecular complexity index is 584. The van der Waals surface area contributed by atoms with Crippen molar-refractivity contribution in [2.75, 3.05) is 0 Å². The number of nitrogens with zero attached hydrogens (tertiary/aromatic N) is 2. The Morgan fingerprint density at radius 3 is 2.55 bits per heavy atom. The molecule has 1 aromatic heterocycles. The zero-order valence-corrected chi connectivity index (χ0v) is 13.6. The minimum Gasteiger partial charge on any atom is -0.308 e. The maximum Gasteiger partial charge on any atom is 0.213 e. The maximum absolute atomic E-state index is 4.32. The molecule has 108 valence electrons. The molecule has 4 nitrogen and oxygen atoms in total. The van der Waals surface area contributed by atoms with Crippen LogP contribution in [0.5, 0.6) is 0 Å². The van der Waals surface area contributed by atoms with E-state index in [-0.39, 0.29) is 5.54 Å². The van der Waals surface area contributed by atoms with Crippen molar-refractivity contribution < 1.29 is 0 Å². The summed E-state index contributed by atoms with van der Waals surface area (Å²) in [6.07, 6.45) is 0. The Labute approximate surface area is 124 Å². The van der Waals surface area contributed by atoms with Crippen molar-refractivity contribution in [1.29, 1.82) is 0 Å². The van der Waals surface area contributed by atoms with Crippen LogP contribution in [0.4, 0.5) is 0 Å². The van der Waals surface area contributed by atoms with Gasteiger partial charge in [0.05, 0.1) is 0 Å². The number of aryl methyl sites for hydroxylation is 2. The number of benzene rings is 1. The average Bonchev–Trinajstić information content (AvgIpc) is 2.74. The SMILES string of the molecule is Cc1nc(Sc2ccc(CNC(C)(C)C)cc2C)n[nH]1. The van der Waals surface area contributed by atoms with Gasteiger partial charge in [-0.25, -0.2) is 4.98 Å². The molecule has 0 unspecified atom stereocenters. The van der Waals surface area contributed by atoms with Crippen LogP contribution in [0.1, 0.15) is 37.7 Å². The second kappa shape index (κ2) is 5.97. The number of aromatic amines is 1. The summed E-state index contributed by atoms with van der Waals surface area (Å²) in [4.78, 5) is 5.52. The van der Waals surface area contributed by atoms with Crippen LogP contribution in [-0.4, -0.2) is 20.7 Å². The lowest BCUT2D eigenvalue weighted by molar-refractivity contribution is 0.424. The molecule has 0 aliphatic carbocycles. The van der Waals surface area contributed by atoms with Crippen LogP contribution in [0.3, 0.4) is 0 Å². The van der Waals surface area contributed by atoms with E-state index in [0.29, 0.717) is 0 Å². The van der Waals surface area contributed by atoms with Gasteiger partial charge < -0.3 is 5.32 Å². The lowest BCUT2D eigenvalue weighted by atomic mass is 10.1. The highest BCUT2D eigenvalue weighted by molar-refractivity contribution is 7.99. The fourth-order valence-corrected chi connectivity index (χ4v) is 2.60. The lowest BCUT2D eigenvalue weighted by Gasteiger charge is -2.20. The highest BCUT2D eigenvalue weighted by Gasteiger charge is 2.10. The molecule has 0 fully saturated rings. The van der Waals surface area contributed by atoms with Gasteiger partial charge in [-0.2, -0.15) is 0 Å². The van der Waals surface area contributed by atoms with Crippen molar-refractivity contribution in [3.05, 3.63) is 35.2 Å².